The summed E-state index contributed by atoms with van der Waals surface area (Å²) in [5, 5.41) is 0. The molecule has 1 aromatic carbocycles. The van der Waals surface area contributed by atoms with Crippen LogP contribution in [0.3, 0.4) is 0 Å². The Bertz CT molecular complexity index is 413. The lowest BCUT2D eigenvalue weighted by Crippen LogP contribution is -2.34. The van der Waals surface area contributed by atoms with Crippen molar-refractivity contribution in [2.24, 2.45) is 5.73 Å². The third-order valence-electron chi connectivity index (χ3n) is 2.81. The number of halogens is 1. The van der Waals surface area contributed by atoms with E-state index in [1.165, 1.54) is 16.7 Å². The van der Waals surface area contributed by atoms with Crippen LogP contribution in [0.1, 0.15) is 31.4 Å². The SMILES string of the molecule is CC(C)(N)C1=CCCc2cc(Br)ccc21. The molecule has 1 aliphatic rings. The Morgan fingerprint density at radius 2 is 2.07 bits per heavy atom. The zero-order chi connectivity index (χ0) is 11.1. The lowest BCUT2D eigenvalue weighted by molar-refractivity contribution is 0.667. The monoisotopic (exact) mass is 265 g/mol. The summed E-state index contributed by atoms with van der Waals surface area (Å²) < 4.78 is 1.15. The quantitative estimate of drug-likeness (QED) is 0.827. The summed E-state index contributed by atoms with van der Waals surface area (Å²) in [6.45, 7) is 4.13. The first kappa shape index (κ1) is 10.9. The lowest BCUT2D eigenvalue weighted by atomic mass is 9.81. The van der Waals surface area contributed by atoms with Crippen LogP contribution in [0.25, 0.3) is 5.57 Å². The molecule has 0 atom stereocenters. The summed E-state index contributed by atoms with van der Waals surface area (Å²) in [6.07, 6.45) is 4.49. The van der Waals surface area contributed by atoms with Gasteiger partial charge in [-0.15, -0.1) is 0 Å². The van der Waals surface area contributed by atoms with Crippen molar-refractivity contribution in [3.63, 3.8) is 0 Å². The van der Waals surface area contributed by atoms with Gasteiger partial charge in [-0.25, -0.2) is 0 Å². The molecule has 2 rings (SSSR count). The van der Waals surface area contributed by atoms with Gasteiger partial charge in [0.25, 0.3) is 0 Å². The van der Waals surface area contributed by atoms with Gasteiger partial charge in [-0.2, -0.15) is 0 Å². The van der Waals surface area contributed by atoms with Crippen LogP contribution in [-0.2, 0) is 6.42 Å². The molecule has 0 aromatic heterocycles. The highest BCUT2D eigenvalue weighted by molar-refractivity contribution is 9.10. The summed E-state index contributed by atoms with van der Waals surface area (Å²) in [7, 11) is 0. The molecule has 1 aromatic rings. The molecule has 1 nitrogen and oxygen atoms in total. The summed E-state index contributed by atoms with van der Waals surface area (Å²) in [5.74, 6) is 0. The number of nitrogens with two attached hydrogens (primary N) is 1. The third kappa shape index (κ3) is 2.16. The van der Waals surface area contributed by atoms with E-state index in [2.05, 4.69) is 54.1 Å². The molecule has 2 N–H and O–H groups in total. The fourth-order valence-corrected chi connectivity index (χ4v) is 2.53. The number of hydrogen-bond donors (Lipinski definition) is 1. The van der Waals surface area contributed by atoms with Crippen LogP contribution in [0.4, 0.5) is 0 Å². The number of aryl methyl sites for hydroxylation is 1. The molecule has 2 heteroatoms. The normalized spacial score (nSPS) is 15.9. The molecule has 80 valence electrons. The number of hydrogen-bond acceptors (Lipinski definition) is 1. The molecule has 0 bridgehead atoms. The van der Waals surface area contributed by atoms with E-state index in [-0.39, 0.29) is 5.54 Å². The van der Waals surface area contributed by atoms with Gasteiger partial charge in [0.2, 0.25) is 0 Å². The van der Waals surface area contributed by atoms with Gasteiger partial charge < -0.3 is 5.73 Å². The first-order valence-electron chi connectivity index (χ1n) is 5.27. The van der Waals surface area contributed by atoms with Gasteiger partial charge in [0.15, 0.2) is 0 Å². The number of rotatable bonds is 1. The maximum atomic E-state index is 6.18. The third-order valence-corrected chi connectivity index (χ3v) is 3.31. The van der Waals surface area contributed by atoms with Crippen molar-refractivity contribution >= 4 is 21.5 Å². The van der Waals surface area contributed by atoms with Gasteiger partial charge in [0.05, 0.1) is 0 Å². The minimum atomic E-state index is -0.247. The van der Waals surface area contributed by atoms with Crippen molar-refractivity contribution in [3.8, 4) is 0 Å². The summed E-state index contributed by atoms with van der Waals surface area (Å²) in [6, 6.07) is 6.46. The zero-order valence-electron chi connectivity index (χ0n) is 9.18. The van der Waals surface area contributed by atoms with E-state index in [1.807, 2.05) is 0 Å². The van der Waals surface area contributed by atoms with Crippen LogP contribution < -0.4 is 5.73 Å². The van der Waals surface area contributed by atoms with Crippen LogP contribution in [0.2, 0.25) is 0 Å². The number of benzene rings is 1. The Morgan fingerprint density at radius 1 is 1.33 bits per heavy atom. The second-order valence-corrected chi connectivity index (χ2v) is 5.60. The minimum Gasteiger partial charge on any atom is -0.322 e. The second kappa shape index (κ2) is 3.76. The lowest BCUT2D eigenvalue weighted by Gasteiger charge is -2.28. The number of fused-ring (bicyclic) bond motifs is 1. The molecule has 0 saturated carbocycles. The molecule has 0 saturated heterocycles. The molecule has 15 heavy (non-hydrogen) atoms. The predicted molar refractivity (Wildman–Crippen MR) is 68.7 cm³/mol. The van der Waals surface area contributed by atoms with E-state index in [0.717, 1.165) is 17.3 Å². The maximum Gasteiger partial charge on any atom is 0.0355 e. The second-order valence-electron chi connectivity index (χ2n) is 4.68. The maximum absolute atomic E-state index is 6.18. The summed E-state index contributed by atoms with van der Waals surface area (Å²) in [5.41, 5.74) is 9.93. The van der Waals surface area contributed by atoms with E-state index in [0.29, 0.717) is 0 Å². The fraction of sp³-hybridized carbons (Fsp3) is 0.385. The van der Waals surface area contributed by atoms with Gasteiger partial charge in [-0.05, 0) is 55.5 Å². The van der Waals surface area contributed by atoms with Crippen LogP contribution in [0.15, 0.2) is 28.7 Å². The van der Waals surface area contributed by atoms with Crippen molar-refractivity contribution < 1.29 is 0 Å². The highest BCUT2D eigenvalue weighted by Crippen LogP contribution is 2.34. The van der Waals surface area contributed by atoms with Crippen molar-refractivity contribution in [2.45, 2.75) is 32.2 Å². The average molecular weight is 266 g/mol. The molecule has 0 amide bonds. The highest BCUT2D eigenvalue weighted by atomic mass is 79.9. The van der Waals surface area contributed by atoms with Gasteiger partial charge in [0.1, 0.15) is 0 Å². The Morgan fingerprint density at radius 3 is 2.73 bits per heavy atom. The Hall–Kier alpha value is -0.600. The van der Waals surface area contributed by atoms with Crippen molar-refractivity contribution in [2.75, 3.05) is 0 Å². The molecule has 1 aliphatic carbocycles. The molecule has 0 fully saturated rings. The Balaban J connectivity index is 2.52. The van der Waals surface area contributed by atoms with Crippen LogP contribution in [0, 0.1) is 0 Å². The van der Waals surface area contributed by atoms with Crippen LogP contribution >= 0.6 is 15.9 Å². The molecular formula is C13H16BrN. The molecular weight excluding hydrogens is 250 g/mol. The minimum absolute atomic E-state index is 0.247. The van der Waals surface area contributed by atoms with Gasteiger partial charge in [-0.3, -0.25) is 0 Å². The van der Waals surface area contributed by atoms with E-state index in [4.69, 9.17) is 5.73 Å². The molecule has 0 aliphatic heterocycles. The average Bonchev–Trinajstić information content (AvgIpc) is 2.15. The largest absolute Gasteiger partial charge is 0.322 e. The zero-order valence-corrected chi connectivity index (χ0v) is 10.8. The number of allylic oxidation sites excluding steroid dienone is 1. The predicted octanol–water partition coefficient (Wildman–Crippen LogP) is 3.52. The van der Waals surface area contributed by atoms with E-state index in [9.17, 15) is 0 Å². The van der Waals surface area contributed by atoms with Gasteiger partial charge in [-0.1, -0.05) is 28.1 Å². The van der Waals surface area contributed by atoms with E-state index < -0.39 is 0 Å². The van der Waals surface area contributed by atoms with Crippen molar-refractivity contribution in [1.82, 2.24) is 0 Å². The smallest absolute Gasteiger partial charge is 0.0355 e. The topological polar surface area (TPSA) is 26.0 Å². The summed E-state index contributed by atoms with van der Waals surface area (Å²) in [4.78, 5) is 0. The van der Waals surface area contributed by atoms with Crippen LogP contribution in [-0.4, -0.2) is 5.54 Å². The first-order valence-corrected chi connectivity index (χ1v) is 6.06. The highest BCUT2D eigenvalue weighted by Gasteiger charge is 2.23. The molecule has 0 heterocycles. The van der Waals surface area contributed by atoms with Gasteiger partial charge in [0, 0.05) is 10.0 Å². The standard InChI is InChI=1S/C13H16BrN/c1-13(2,15)12-5-3-4-9-8-10(14)6-7-11(9)12/h5-8H,3-4,15H2,1-2H3. The van der Waals surface area contributed by atoms with E-state index >= 15 is 0 Å². The van der Waals surface area contributed by atoms with Crippen molar-refractivity contribution in [3.05, 3.63) is 39.9 Å². The molecule has 0 radical (unpaired) electrons. The van der Waals surface area contributed by atoms with E-state index in [1.54, 1.807) is 0 Å². The Labute approximate surface area is 99.5 Å². The molecule has 0 spiro atoms. The first-order chi connectivity index (χ1) is 6.98. The fourth-order valence-electron chi connectivity index (χ4n) is 2.12. The molecule has 0 unspecified atom stereocenters. The Kier molecular flexibility index (Phi) is 2.73. The van der Waals surface area contributed by atoms with Crippen molar-refractivity contribution in [1.29, 1.82) is 0 Å². The van der Waals surface area contributed by atoms with Gasteiger partial charge >= 0.3 is 0 Å². The van der Waals surface area contributed by atoms with Crippen LogP contribution in [0.5, 0.6) is 0 Å². The summed E-state index contributed by atoms with van der Waals surface area (Å²) >= 11 is 3.51.